The second-order valence-electron chi connectivity index (χ2n) is 6.79. The van der Waals surface area contributed by atoms with Crippen LogP contribution < -0.4 is 5.32 Å². The molecule has 0 radical (unpaired) electrons. The van der Waals surface area contributed by atoms with Crippen molar-refractivity contribution in [2.24, 2.45) is 0 Å². The molecule has 0 aliphatic carbocycles. The topological polar surface area (TPSA) is 51.2 Å². The van der Waals surface area contributed by atoms with E-state index in [0.717, 1.165) is 50.5 Å². The molecular formula is C20H38N4O2. The van der Waals surface area contributed by atoms with Crippen molar-refractivity contribution >= 4 is 0 Å². The van der Waals surface area contributed by atoms with Crippen LogP contribution in [0.15, 0.2) is 36.4 Å². The third kappa shape index (κ3) is 5.25. The standard InChI is InChI=1S/C20H38N4O2/c1-8-18(24-13-15-26-16-14-24)19(23(9-2)10-3)17(4)20(5,25)22(7)12-11-21-6/h9,11-12,18,21,25H,2,8,10,13-16H2,1,3-7H3/b12-11-,19-17-. The third-order valence-electron chi connectivity index (χ3n) is 5.31. The molecule has 0 spiro atoms. The number of ether oxygens (including phenoxy) is 1. The highest BCUT2D eigenvalue weighted by atomic mass is 16.5. The van der Waals surface area contributed by atoms with Crippen molar-refractivity contribution < 1.29 is 9.84 Å². The van der Waals surface area contributed by atoms with Crippen LogP contribution >= 0.6 is 0 Å². The highest BCUT2D eigenvalue weighted by Crippen LogP contribution is 2.30. The van der Waals surface area contributed by atoms with Crippen molar-refractivity contribution in [3.8, 4) is 0 Å². The lowest BCUT2D eigenvalue weighted by Crippen LogP contribution is -2.50. The van der Waals surface area contributed by atoms with E-state index in [-0.39, 0.29) is 6.04 Å². The second kappa shape index (κ2) is 10.6. The smallest absolute Gasteiger partial charge is 0.158 e. The predicted octanol–water partition coefficient (Wildman–Crippen LogP) is 2.17. The maximum absolute atomic E-state index is 11.3. The monoisotopic (exact) mass is 366 g/mol. The number of hydrogen-bond acceptors (Lipinski definition) is 6. The summed E-state index contributed by atoms with van der Waals surface area (Å²) in [7, 11) is 3.73. The molecule has 1 aliphatic rings. The van der Waals surface area contributed by atoms with E-state index in [1.807, 2.05) is 51.4 Å². The highest BCUT2D eigenvalue weighted by Gasteiger charge is 2.34. The minimum Gasteiger partial charge on any atom is -0.393 e. The van der Waals surface area contributed by atoms with Gasteiger partial charge in [-0.05, 0) is 39.0 Å². The van der Waals surface area contributed by atoms with E-state index < -0.39 is 5.72 Å². The molecule has 150 valence electrons. The fourth-order valence-corrected chi connectivity index (χ4v) is 3.41. The molecule has 6 heteroatoms. The molecule has 1 aliphatic heterocycles. The molecule has 1 heterocycles. The SMILES string of the molecule is C=CN(CC)/C(=C(/C)C(C)(O)N(C)/C=C\NC)C(CC)N1CCOCC1. The Morgan fingerprint density at radius 2 is 2.00 bits per heavy atom. The Bertz CT molecular complexity index is 496. The molecule has 2 atom stereocenters. The van der Waals surface area contributed by atoms with Crippen LogP contribution in [0.5, 0.6) is 0 Å². The summed E-state index contributed by atoms with van der Waals surface area (Å²) in [6, 6.07) is 0.213. The first kappa shape index (κ1) is 22.5. The van der Waals surface area contributed by atoms with Crippen LogP contribution in [0.25, 0.3) is 0 Å². The zero-order chi connectivity index (χ0) is 19.7. The lowest BCUT2D eigenvalue weighted by atomic mass is 9.95. The van der Waals surface area contributed by atoms with Crippen LogP contribution in [0.3, 0.4) is 0 Å². The third-order valence-corrected chi connectivity index (χ3v) is 5.31. The molecule has 0 saturated carbocycles. The first-order chi connectivity index (χ1) is 12.3. The van der Waals surface area contributed by atoms with Crippen LogP contribution in [0.4, 0.5) is 0 Å². The van der Waals surface area contributed by atoms with Crippen molar-refractivity contribution in [2.45, 2.75) is 45.9 Å². The van der Waals surface area contributed by atoms with Gasteiger partial charge in [-0.2, -0.15) is 0 Å². The van der Waals surface area contributed by atoms with E-state index in [1.54, 1.807) is 0 Å². The van der Waals surface area contributed by atoms with Gasteiger partial charge in [-0.3, -0.25) is 4.90 Å². The molecule has 2 N–H and O–H groups in total. The summed E-state index contributed by atoms with van der Waals surface area (Å²) in [6.07, 6.45) is 6.48. The summed E-state index contributed by atoms with van der Waals surface area (Å²) in [5.74, 6) is 0. The largest absolute Gasteiger partial charge is 0.393 e. The van der Waals surface area contributed by atoms with E-state index in [0.29, 0.717) is 0 Å². The Morgan fingerprint density at radius 1 is 1.38 bits per heavy atom. The molecule has 26 heavy (non-hydrogen) atoms. The van der Waals surface area contributed by atoms with Crippen LogP contribution in [0.2, 0.25) is 0 Å². The molecule has 1 rings (SSSR count). The average molecular weight is 367 g/mol. The molecule has 0 aromatic rings. The summed E-state index contributed by atoms with van der Waals surface area (Å²) in [5.41, 5.74) is 0.946. The van der Waals surface area contributed by atoms with E-state index in [4.69, 9.17) is 4.74 Å². The Morgan fingerprint density at radius 3 is 2.46 bits per heavy atom. The van der Waals surface area contributed by atoms with Gasteiger partial charge in [0, 0.05) is 51.8 Å². The van der Waals surface area contributed by atoms with Crippen LogP contribution in [0, 0.1) is 0 Å². The van der Waals surface area contributed by atoms with Gasteiger partial charge in [-0.15, -0.1) is 0 Å². The molecule has 0 amide bonds. The maximum atomic E-state index is 11.3. The first-order valence-electron chi connectivity index (χ1n) is 9.56. The Hall–Kier alpha value is -1.50. The molecule has 0 aromatic carbocycles. The lowest BCUT2D eigenvalue weighted by molar-refractivity contribution is -0.0238. The summed E-state index contributed by atoms with van der Waals surface area (Å²) >= 11 is 0. The van der Waals surface area contributed by atoms with E-state index in [1.165, 1.54) is 0 Å². The van der Waals surface area contributed by atoms with Gasteiger partial charge >= 0.3 is 0 Å². The number of nitrogens with zero attached hydrogens (tertiary/aromatic N) is 3. The highest BCUT2D eigenvalue weighted by molar-refractivity contribution is 5.26. The number of likely N-dealkylation sites (N-methyl/N-ethyl adjacent to an activating group) is 2. The fourth-order valence-electron chi connectivity index (χ4n) is 3.41. The number of morpholine rings is 1. The Kier molecular flexibility index (Phi) is 9.19. The molecule has 0 bridgehead atoms. The van der Waals surface area contributed by atoms with Crippen LogP contribution in [0.1, 0.15) is 34.1 Å². The summed E-state index contributed by atoms with van der Waals surface area (Å²) in [4.78, 5) is 6.43. The number of rotatable bonds is 10. The summed E-state index contributed by atoms with van der Waals surface area (Å²) in [5, 5.41) is 14.3. The van der Waals surface area contributed by atoms with Crippen LogP contribution in [-0.2, 0) is 4.74 Å². The van der Waals surface area contributed by atoms with Crippen molar-refractivity contribution in [2.75, 3.05) is 46.9 Å². The van der Waals surface area contributed by atoms with Gasteiger partial charge in [-0.1, -0.05) is 13.5 Å². The van der Waals surface area contributed by atoms with Crippen molar-refractivity contribution in [1.29, 1.82) is 0 Å². The van der Waals surface area contributed by atoms with Crippen molar-refractivity contribution in [1.82, 2.24) is 20.0 Å². The van der Waals surface area contributed by atoms with Crippen molar-refractivity contribution in [3.63, 3.8) is 0 Å². The molecule has 1 saturated heterocycles. The van der Waals surface area contributed by atoms with E-state index in [9.17, 15) is 5.11 Å². The predicted molar refractivity (Wildman–Crippen MR) is 108 cm³/mol. The maximum Gasteiger partial charge on any atom is 0.158 e. The van der Waals surface area contributed by atoms with Gasteiger partial charge in [0.25, 0.3) is 0 Å². The number of aliphatic hydroxyl groups is 1. The quantitative estimate of drug-likeness (QED) is 0.578. The van der Waals surface area contributed by atoms with Gasteiger partial charge in [0.05, 0.1) is 19.3 Å². The van der Waals surface area contributed by atoms with E-state index >= 15 is 0 Å². The number of nitrogens with one attached hydrogen (secondary N) is 1. The number of hydrogen-bond donors (Lipinski definition) is 2. The Labute approximate surface area is 159 Å². The molecule has 1 fully saturated rings. The molecule has 6 nitrogen and oxygen atoms in total. The zero-order valence-electron chi connectivity index (χ0n) is 17.5. The van der Waals surface area contributed by atoms with Gasteiger partial charge in [0.15, 0.2) is 5.72 Å². The fraction of sp³-hybridized carbons (Fsp3) is 0.700. The first-order valence-corrected chi connectivity index (χ1v) is 9.56. The van der Waals surface area contributed by atoms with Crippen molar-refractivity contribution in [3.05, 3.63) is 36.4 Å². The Balaban J connectivity index is 3.38. The lowest BCUT2D eigenvalue weighted by Gasteiger charge is -2.43. The van der Waals surface area contributed by atoms with Gasteiger partial charge < -0.3 is 25.0 Å². The van der Waals surface area contributed by atoms with E-state index in [2.05, 4.69) is 35.5 Å². The zero-order valence-corrected chi connectivity index (χ0v) is 17.5. The molecule has 2 unspecified atom stereocenters. The van der Waals surface area contributed by atoms with Gasteiger partial charge in [-0.25, -0.2) is 0 Å². The normalized spacial score (nSPS) is 20.3. The summed E-state index contributed by atoms with van der Waals surface area (Å²) in [6.45, 7) is 16.3. The average Bonchev–Trinajstić information content (AvgIpc) is 2.66. The second-order valence-corrected chi connectivity index (χ2v) is 6.79. The summed E-state index contributed by atoms with van der Waals surface area (Å²) < 4.78 is 5.53. The molecular weight excluding hydrogens is 328 g/mol. The van der Waals surface area contributed by atoms with Gasteiger partial charge in [0.2, 0.25) is 0 Å². The molecule has 0 aromatic heterocycles. The minimum atomic E-state index is -1.11. The minimum absolute atomic E-state index is 0.213. The van der Waals surface area contributed by atoms with Gasteiger partial charge in [0.1, 0.15) is 0 Å². The van der Waals surface area contributed by atoms with Crippen LogP contribution in [-0.4, -0.2) is 78.5 Å².